The molecule has 108 heavy (non-hydrogen) atoms. The van der Waals surface area contributed by atoms with Gasteiger partial charge in [-0.25, -0.2) is 4.39 Å². The Morgan fingerprint density at radius 2 is 1.05 bits per heavy atom. The SMILES string of the molecule is CCCCCCN=C(NCCCCCC)NCCCC[C@@H](NC(=O)[C@H](Cc1ccc(O)cc1)NC(=O)[C@H](CO)NC(=O)[C@@H](Cc1c[nH]c2ccccc12)NC(=O)[C@@H](Cc1ccc(F)cc1)NC(=O)[C@@H](CO)NC(C)=O)C(=O)N[C@@H](CC(C)C)C(=O)N[C@@H](CCCN=C(N)N)C(=O)N1CCC[C@H]1C(=O)NCC(N)=O. The van der Waals surface area contributed by atoms with Crippen LogP contribution < -0.4 is 75.7 Å². The molecular formula is C75H113FN18O14. The lowest BCUT2D eigenvalue weighted by atomic mass is 10.00. The number of primary amides is 1. The Labute approximate surface area is 629 Å². The molecule has 4 aromatic rings. The summed E-state index contributed by atoms with van der Waals surface area (Å²) in [5, 5.41) is 62.3. The molecule has 11 amide bonds. The largest absolute Gasteiger partial charge is 0.508 e. The topological polar surface area (TPSA) is 503 Å². The molecule has 9 atom stereocenters. The zero-order valence-corrected chi connectivity index (χ0v) is 62.7. The first-order chi connectivity index (χ1) is 51.7. The summed E-state index contributed by atoms with van der Waals surface area (Å²) in [6.45, 7) is 8.46. The van der Waals surface area contributed by atoms with Crippen LogP contribution in [0.1, 0.15) is 154 Å². The van der Waals surface area contributed by atoms with E-state index in [0.29, 0.717) is 66.0 Å². The highest BCUT2D eigenvalue weighted by Crippen LogP contribution is 2.23. The number of guanidine groups is 2. The molecule has 0 saturated carbocycles. The van der Waals surface area contributed by atoms with Crippen molar-refractivity contribution >= 4 is 87.8 Å². The van der Waals surface area contributed by atoms with E-state index >= 15 is 9.59 Å². The Balaban J connectivity index is 1.49. The van der Waals surface area contributed by atoms with Crippen LogP contribution in [0.2, 0.25) is 0 Å². The molecule has 2 heterocycles. The molecule has 0 radical (unpaired) electrons. The maximum Gasteiger partial charge on any atom is 0.245 e. The number of aliphatic imine (C=N–C) groups is 2. The Bertz CT molecular complexity index is 3630. The van der Waals surface area contributed by atoms with Gasteiger partial charge in [-0.15, -0.1) is 0 Å². The van der Waals surface area contributed by atoms with Crippen LogP contribution in [0.4, 0.5) is 4.39 Å². The summed E-state index contributed by atoms with van der Waals surface area (Å²) in [4.78, 5) is 168. The van der Waals surface area contributed by atoms with Crippen molar-refractivity contribution in [2.45, 2.75) is 211 Å². The number of nitrogens with one attached hydrogen (secondary N) is 12. The minimum Gasteiger partial charge on any atom is -0.508 e. The fraction of sp³-hybridized carbons (Fsp3) is 0.560. The van der Waals surface area contributed by atoms with E-state index in [2.05, 4.69) is 82.3 Å². The van der Waals surface area contributed by atoms with Crippen molar-refractivity contribution in [2.24, 2.45) is 33.1 Å². The molecular weight excluding hydrogens is 1400 g/mol. The van der Waals surface area contributed by atoms with Gasteiger partial charge in [-0.2, -0.15) is 0 Å². The van der Waals surface area contributed by atoms with Crippen LogP contribution in [0.3, 0.4) is 0 Å². The summed E-state index contributed by atoms with van der Waals surface area (Å²) in [6.07, 6.45) is 10.5. The molecule has 1 aliphatic rings. The molecule has 0 aliphatic carbocycles. The number of nitrogens with two attached hydrogens (primary N) is 3. The number of aromatic hydroxyl groups is 1. The Morgan fingerprint density at radius 3 is 1.62 bits per heavy atom. The van der Waals surface area contributed by atoms with E-state index in [9.17, 15) is 62.9 Å². The second-order valence-corrected chi connectivity index (χ2v) is 27.5. The minimum absolute atomic E-state index is 0.0170. The van der Waals surface area contributed by atoms with Gasteiger partial charge < -0.3 is 101 Å². The minimum atomic E-state index is -1.86. The van der Waals surface area contributed by atoms with E-state index in [-0.39, 0.29) is 88.5 Å². The van der Waals surface area contributed by atoms with Crippen molar-refractivity contribution in [3.05, 3.63) is 102 Å². The molecule has 0 unspecified atom stereocenters. The van der Waals surface area contributed by atoms with Crippen LogP contribution in [-0.4, -0.2) is 209 Å². The third-order valence-electron chi connectivity index (χ3n) is 18.0. The van der Waals surface area contributed by atoms with Gasteiger partial charge in [0.1, 0.15) is 65.9 Å². The maximum atomic E-state index is 15.2. The number of benzene rings is 3. The molecule has 32 nitrogen and oxygen atoms in total. The first kappa shape index (κ1) is 88.2. The number of amides is 11. The van der Waals surface area contributed by atoms with Gasteiger partial charge in [0.2, 0.25) is 65.0 Å². The lowest BCUT2D eigenvalue weighted by Gasteiger charge is -2.30. The lowest BCUT2D eigenvalue weighted by Crippen LogP contribution is -2.61. The number of aliphatic hydroxyl groups is 2. The van der Waals surface area contributed by atoms with Crippen LogP contribution in [0.5, 0.6) is 5.75 Å². The van der Waals surface area contributed by atoms with Gasteiger partial charge >= 0.3 is 0 Å². The van der Waals surface area contributed by atoms with Gasteiger partial charge in [0, 0.05) is 76.0 Å². The van der Waals surface area contributed by atoms with Gasteiger partial charge in [0.15, 0.2) is 11.9 Å². The maximum absolute atomic E-state index is 15.2. The molecule has 1 aliphatic heterocycles. The van der Waals surface area contributed by atoms with E-state index in [0.717, 1.165) is 70.4 Å². The number of halogens is 1. The molecule has 33 heteroatoms. The third kappa shape index (κ3) is 31.2. The zero-order valence-electron chi connectivity index (χ0n) is 62.7. The number of hydrogen-bond acceptors (Lipinski definition) is 16. The fourth-order valence-electron chi connectivity index (χ4n) is 12.3. The number of H-pyrrole nitrogens is 1. The van der Waals surface area contributed by atoms with Gasteiger partial charge in [-0.05, 0) is 117 Å². The number of para-hydroxylation sites is 1. The summed E-state index contributed by atoms with van der Waals surface area (Å²) in [6, 6.07) is 4.50. The van der Waals surface area contributed by atoms with Crippen LogP contribution in [0.25, 0.3) is 10.9 Å². The van der Waals surface area contributed by atoms with Crippen molar-refractivity contribution < 1.29 is 72.4 Å². The van der Waals surface area contributed by atoms with Crippen molar-refractivity contribution in [3.8, 4) is 5.75 Å². The highest BCUT2D eigenvalue weighted by Gasteiger charge is 2.40. The predicted molar refractivity (Wildman–Crippen MR) is 406 cm³/mol. The van der Waals surface area contributed by atoms with Crippen molar-refractivity contribution in [2.75, 3.05) is 52.5 Å². The van der Waals surface area contributed by atoms with Crippen molar-refractivity contribution in [1.82, 2.24) is 68.4 Å². The zero-order chi connectivity index (χ0) is 79.1. The lowest BCUT2D eigenvalue weighted by molar-refractivity contribution is -0.142. The number of nitrogens with zero attached hydrogens (tertiary/aromatic N) is 3. The fourth-order valence-corrected chi connectivity index (χ4v) is 12.3. The highest BCUT2D eigenvalue weighted by atomic mass is 19.1. The molecule has 1 aromatic heterocycles. The smallest absolute Gasteiger partial charge is 0.245 e. The molecule has 1 saturated heterocycles. The number of likely N-dealkylation sites (tertiary alicyclic amines) is 1. The summed E-state index contributed by atoms with van der Waals surface area (Å²) >= 11 is 0. The molecule has 5 rings (SSSR count). The number of hydrogen-bond donors (Lipinski definition) is 18. The van der Waals surface area contributed by atoms with Crippen LogP contribution in [0, 0.1) is 11.7 Å². The monoisotopic (exact) mass is 1510 g/mol. The number of phenolic OH excluding ortho intramolecular Hbond substituents is 1. The number of aromatic amines is 1. The first-order valence-electron chi connectivity index (χ1n) is 37.4. The summed E-state index contributed by atoms with van der Waals surface area (Å²) in [5.41, 5.74) is 18.4. The van der Waals surface area contributed by atoms with Gasteiger partial charge in [0.25, 0.3) is 0 Å². The quantitative estimate of drug-likeness (QED) is 0.0162. The van der Waals surface area contributed by atoms with E-state index in [1.165, 1.54) is 41.3 Å². The molecule has 3 aromatic carbocycles. The summed E-state index contributed by atoms with van der Waals surface area (Å²) in [7, 11) is 0. The predicted octanol–water partition coefficient (Wildman–Crippen LogP) is 0.482. The average molecular weight is 1510 g/mol. The third-order valence-corrected chi connectivity index (χ3v) is 18.0. The highest BCUT2D eigenvalue weighted by molar-refractivity contribution is 5.99. The number of rotatable bonds is 48. The second kappa shape index (κ2) is 47.3. The van der Waals surface area contributed by atoms with E-state index in [1.807, 2.05) is 0 Å². The van der Waals surface area contributed by atoms with Gasteiger partial charge in [-0.3, -0.25) is 62.7 Å². The van der Waals surface area contributed by atoms with Crippen LogP contribution >= 0.6 is 0 Å². The van der Waals surface area contributed by atoms with Gasteiger partial charge in [-0.1, -0.05) is 109 Å². The van der Waals surface area contributed by atoms with E-state index < -0.39 is 145 Å². The molecule has 21 N–H and O–H groups in total. The number of unbranched alkanes of at least 4 members (excludes halogenated alkanes) is 7. The van der Waals surface area contributed by atoms with E-state index in [1.54, 1.807) is 44.3 Å². The molecule has 0 spiro atoms. The summed E-state index contributed by atoms with van der Waals surface area (Å²) in [5.74, 6) is -9.95. The number of aliphatic hydroxyl groups excluding tert-OH is 2. The average Bonchev–Trinajstić information content (AvgIpc) is 1.65. The second-order valence-electron chi connectivity index (χ2n) is 27.5. The number of fused-ring (bicyclic) bond motifs is 1. The first-order valence-corrected chi connectivity index (χ1v) is 37.4. The van der Waals surface area contributed by atoms with E-state index in [4.69, 9.17) is 22.2 Å². The molecule has 1 fully saturated rings. The van der Waals surface area contributed by atoms with Gasteiger partial charge in [0.05, 0.1) is 19.8 Å². The number of carbonyl (C=O) groups excluding carboxylic acids is 11. The number of aromatic nitrogens is 1. The number of carbonyl (C=O) groups is 11. The Hall–Kier alpha value is -10.4. The standard InChI is InChI=1S/C75H113FN18O14/c1-6-8-10-15-33-81-75(82-34-16-11-9-7-2)83-35-17-14-22-55(65(100)89-57(38-46(3)4)66(101)88-56(23-18-36-80-74(78)79)73(108)94-37-19-24-63(94)72(107)85-43-64(77)99)87-67(102)58(40-49-27-31-52(98)32-28-49)91-71(106)62(45-96)93-69(104)60(41-50-42-84-54-21-13-12-20-53(50)54)92-68(103)59(39-48-25-29-51(76)30-26-48)90-70(105)61(44-95)86-47(5)97/h12-13,20-21,25-32,42,46,55-63,84,95-96,98H,6-11,14-19,22-24,33-41,43-45H2,1-5H3,(H2,77,99)(H,85,107)(H,86,97)(H,87,102)(H,88,101)(H,89,100)(H,90,105)(H,91,106)(H,92,103)(H,93,104)(H4,78,79,80)(H2,81,82,83)/t55-,56+,57+,58+,59-,60-,61-,62+,63+/m1/s1. The molecule has 594 valence electrons. The van der Waals surface area contributed by atoms with Crippen molar-refractivity contribution in [1.29, 1.82) is 0 Å². The Morgan fingerprint density at radius 1 is 0.556 bits per heavy atom. The number of phenols is 1. The van der Waals surface area contributed by atoms with Crippen molar-refractivity contribution in [3.63, 3.8) is 0 Å². The normalized spacial score (nSPS) is 15.0. The van der Waals surface area contributed by atoms with Crippen LogP contribution in [0.15, 0.2) is 89.0 Å². The summed E-state index contributed by atoms with van der Waals surface area (Å²) < 4.78 is 14.1. The molecule has 0 bridgehead atoms. The van der Waals surface area contributed by atoms with Crippen LogP contribution in [-0.2, 0) is 72.0 Å². The Kier molecular flexibility index (Phi) is 38.6.